The molecule has 5 nitrogen and oxygen atoms in total. The molecule has 1 atom stereocenters. The SMILES string of the molecule is Cn1ncc(C(N)=S)c1NC(=O)C1(C)CCCS1. The van der Waals surface area contributed by atoms with E-state index < -0.39 is 0 Å². The summed E-state index contributed by atoms with van der Waals surface area (Å²) >= 11 is 6.64. The average molecular weight is 284 g/mol. The molecule has 2 heterocycles. The van der Waals surface area contributed by atoms with Crippen LogP contribution in [0.3, 0.4) is 0 Å². The number of thiocarbonyl (C=S) groups is 1. The fraction of sp³-hybridized carbons (Fsp3) is 0.545. The number of nitrogens with zero attached hydrogens (tertiary/aromatic N) is 2. The maximum atomic E-state index is 12.3. The Kier molecular flexibility index (Phi) is 3.63. The van der Waals surface area contributed by atoms with E-state index in [9.17, 15) is 4.79 Å². The van der Waals surface area contributed by atoms with Gasteiger partial charge in [-0.3, -0.25) is 9.48 Å². The Morgan fingerprint density at radius 2 is 2.44 bits per heavy atom. The minimum absolute atomic E-state index is 0.00824. The van der Waals surface area contributed by atoms with Gasteiger partial charge in [0.15, 0.2) is 0 Å². The molecule has 1 fully saturated rings. The van der Waals surface area contributed by atoms with Crippen LogP contribution in [0.2, 0.25) is 0 Å². The third kappa shape index (κ3) is 2.37. The van der Waals surface area contributed by atoms with Gasteiger partial charge in [0.1, 0.15) is 10.8 Å². The van der Waals surface area contributed by atoms with Crippen LogP contribution in [0.5, 0.6) is 0 Å². The normalized spacial score (nSPS) is 23.0. The van der Waals surface area contributed by atoms with E-state index in [4.69, 9.17) is 18.0 Å². The van der Waals surface area contributed by atoms with Gasteiger partial charge < -0.3 is 11.1 Å². The maximum Gasteiger partial charge on any atom is 0.241 e. The van der Waals surface area contributed by atoms with E-state index in [0.717, 1.165) is 18.6 Å². The van der Waals surface area contributed by atoms with Gasteiger partial charge in [-0.05, 0) is 25.5 Å². The lowest BCUT2D eigenvalue weighted by atomic mass is 10.0. The molecule has 0 radical (unpaired) electrons. The second kappa shape index (κ2) is 4.89. The molecular weight excluding hydrogens is 268 g/mol. The first-order chi connectivity index (χ1) is 8.44. The minimum atomic E-state index is -0.363. The van der Waals surface area contributed by atoms with Crippen molar-refractivity contribution >= 4 is 40.7 Å². The predicted molar refractivity (Wildman–Crippen MR) is 77.8 cm³/mol. The summed E-state index contributed by atoms with van der Waals surface area (Å²) in [7, 11) is 1.75. The van der Waals surface area contributed by atoms with Crippen LogP contribution in [0.25, 0.3) is 0 Å². The van der Waals surface area contributed by atoms with Gasteiger partial charge in [0.2, 0.25) is 5.91 Å². The molecule has 0 saturated carbocycles. The van der Waals surface area contributed by atoms with Crippen molar-refractivity contribution in [3.05, 3.63) is 11.8 Å². The molecule has 1 saturated heterocycles. The monoisotopic (exact) mass is 284 g/mol. The Morgan fingerprint density at radius 3 is 3.00 bits per heavy atom. The fourth-order valence-electron chi connectivity index (χ4n) is 1.96. The largest absolute Gasteiger partial charge is 0.389 e. The number of anilines is 1. The third-order valence-corrected chi connectivity index (χ3v) is 4.87. The van der Waals surface area contributed by atoms with E-state index in [2.05, 4.69) is 10.4 Å². The highest BCUT2D eigenvalue weighted by Crippen LogP contribution is 2.38. The second-order valence-electron chi connectivity index (χ2n) is 4.53. The van der Waals surface area contributed by atoms with Gasteiger partial charge in [-0.2, -0.15) is 5.10 Å². The number of aryl methyl sites for hydroxylation is 1. The van der Waals surface area contributed by atoms with Gasteiger partial charge in [-0.1, -0.05) is 12.2 Å². The van der Waals surface area contributed by atoms with Crippen molar-refractivity contribution in [3.63, 3.8) is 0 Å². The zero-order valence-electron chi connectivity index (χ0n) is 10.4. The molecule has 7 heteroatoms. The van der Waals surface area contributed by atoms with E-state index in [1.807, 2.05) is 6.92 Å². The molecule has 0 spiro atoms. The number of aromatic nitrogens is 2. The smallest absolute Gasteiger partial charge is 0.241 e. The average Bonchev–Trinajstić information content (AvgIpc) is 2.88. The highest BCUT2D eigenvalue weighted by molar-refractivity contribution is 8.01. The molecular formula is C11H16N4OS2. The van der Waals surface area contributed by atoms with Crippen LogP contribution in [0.15, 0.2) is 6.20 Å². The molecule has 98 valence electrons. The molecule has 0 bridgehead atoms. The van der Waals surface area contributed by atoms with Gasteiger partial charge in [-0.15, -0.1) is 11.8 Å². The lowest BCUT2D eigenvalue weighted by Gasteiger charge is -2.21. The first-order valence-electron chi connectivity index (χ1n) is 5.71. The fourth-order valence-corrected chi connectivity index (χ4v) is 3.32. The van der Waals surface area contributed by atoms with E-state index in [0.29, 0.717) is 11.4 Å². The minimum Gasteiger partial charge on any atom is -0.389 e. The highest BCUT2D eigenvalue weighted by Gasteiger charge is 2.37. The molecule has 1 aromatic heterocycles. The maximum absolute atomic E-state index is 12.3. The van der Waals surface area contributed by atoms with E-state index in [1.54, 1.807) is 29.7 Å². The van der Waals surface area contributed by atoms with Crippen LogP contribution in [-0.4, -0.2) is 31.2 Å². The highest BCUT2D eigenvalue weighted by atomic mass is 32.2. The Hall–Kier alpha value is -1.08. The van der Waals surface area contributed by atoms with Gasteiger partial charge in [-0.25, -0.2) is 0 Å². The number of amides is 1. The summed E-state index contributed by atoms with van der Waals surface area (Å²) in [5.41, 5.74) is 6.22. The first kappa shape index (κ1) is 13.4. The van der Waals surface area contributed by atoms with Gasteiger partial charge in [0, 0.05) is 7.05 Å². The Labute approximate surface area is 115 Å². The molecule has 0 aromatic carbocycles. The van der Waals surface area contributed by atoms with Crippen molar-refractivity contribution in [2.45, 2.75) is 24.5 Å². The summed E-state index contributed by atoms with van der Waals surface area (Å²) in [5, 5.41) is 6.96. The Morgan fingerprint density at radius 1 is 1.72 bits per heavy atom. The lowest BCUT2D eigenvalue weighted by molar-refractivity contribution is -0.118. The van der Waals surface area contributed by atoms with E-state index in [1.165, 1.54) is 0 Å². The van der Waals surface area contributed by atoms with Crippen LogP contribution in [0.1, 0.15) is 25.3 Å². The number of carbonyl (C=O) groups is 1. The van der Waals surface area contributed by atoms with Crippen LogP contribution in [0, 0.1) is 0 Å². The number of nitrogens with one attached hydrogen (secondary N) is 1. The number of hydrogen-bond donors (Lipinski definition) is 2. The zero-order valence-corrected chi connectivity index (χ0v) is 12.0. The van der Waals surface area contributed by atoms with Gasteiger partial charge >= 0.3 is 0 Å². The summed E-state index contributed by atoms with van der Waals surface area (Å²) in [6, 6.07) is 0. The predicted octanol–water partition coefficient (Wildman–Crippen LogP) is 1.28. The van der Waals surface area contributed by atoms with Crippen molar-refractivity contribution in [2.24, 2.45) is 12.8 Å². The number of carbonyl (C=O) groups excluding carboxylic acids is 1. The molecule has 1 unspecified atom stereocenters. The van der Waals surface area contributed by atoms with Crippen molar-refractivity contribution < 1.29 is 4.79 Å². The Bertz CT molecular complexity index is 491. The zero-order chi connectivity index (χ0) is 13.3. The summed E-state index contributed by atoms with van der Waals surface area (Å²) in [4.78, 5) is 12.5. The number of nitrogens with two attached hydrogens (primary N) is 1. The second-order valence-corrected chi connectivity index (χ2v) is 6.57. The molecule has 1 aliphatic rings. The molecule has 0 aliphatic carbocycles. The van der Waals surface area contributed by atoms with Crippen molar-refractivity contribution in [1.82, 2.24) is 9.78 Å². The molecule has 2 rings (SSSR count). The van der Waals surface area contributed by atoms with E-state index in [-0.39, 0.29) is 15.6 Å². The third-order valence-electron chi connectivity index (χ3n) is 3.14. The van der Waals surface area contributed by atoms with Crippen LogP contribution < -0.4 is 11.1 Å². The summed E-state index contributed by atoms with van der Waals surface area (Å²) in [6.07, 6.45) is 3.54. The lowest BCUT2D eigenvalue weighted by Crippen LogP contribution is -2.35. The van der Waals surface area contributed by atoms with Crippen molar-refractivity contribution in [1.29, 1.82) is 0 Å². The van der Waals surface area contributed by atoms with Crippen LogP contribution in [-0.2, 0) is 11.8 Å². The van der Waals surface area contributed by atoms with Crippen LogP contribution in [0.4, 0.5) is 5.82 Å². The number of thioether (sulfide) groups is 1. The number of rotatable bonds is 3. The summed E-state index contributed by atoms with van der Waals surface area (Å²) < 4.78 is 1.22. The quantitative estimate of drug-likeness (QED) is 0.818. The number of hydrogen-bond acceptors (Lipinski definition) is 4. The standard InChI is InChI=1S/C11H16N4OS2/c1-11(4-3-5-18-11)10(16)14-9-7(8(12)17)6-13-15(9)2/h6H,3-5H2,1-2H3,(H2,12,17)(H,14,16). The van der Waals surface area contributed by atoms with E-state index >= 15 is 0 Å². The van der Waals surface area contributed by atoms with Crippen LogP contribution >= 0.6 is 24.0 Å². The molecule has 3 N–H and O–H groups in total. The molecule has 1 aromatic rings. The molecule has 1 aliphatic heterocycles. The van der Waals surface area contributed by atoms with Crippen molar-refractivity contribution in [3.8, 4) is 0 Å². The van der Waals surface area contributed by atoms with Gasteiger partial charge in [0.25, 0.3) is 0 Å². The first-order valence-corrected chi connectivity index (χ1v) is 7.10. The summed E-state index contributed by atoms with van der Waals surface area (Å²) in [5.74, 6) is 1.59. The molecule has 18 heavy (non-hydrogen) atoms. The molecule has 1 amide bonds. The topological polar surface area (TPSA) is 72.9 Å². The summed E-state index contributed by atoms with van der Waals surface area (Å²) in [6.45, 7) is 1.97. The van der Waals surface area contributed by atoms with Crippen molar-refractivity contribution in [2.75, 3.05) is 11.1 Å². The Balaban J connectivity index is 2.21. The van der Waals surface area contributed by atoms with Gasteiger partial charge in [0.05, 0.1) is 16.5 Å².